The van der Waals surface area contributed by atoms with Crippen molar-refractivity contribution >= 4 is 0 Å². The Morgan fingerprint density at radius 1 is 1.18 bits per heavy atom. The van der Waals surface area contributed by atoms with E-state index in [2.05, 4.69) is 55.5 Å². The summed E-state index contributed by atoms with van der Waals surface area (Å²) in [6.07, 6.45) is 0. The van der Waals surface area contributed by atoms with Crippen molar-refractivity contribution in [3.63, 3.8) is 0 Å². The largest absolute Gasteiger partial charge is 0.394 e. The van der Waals surface area contributed by atoms with Gasteiger partial charge in [0.05, 0.1) is 18.8 Å². The van der Waals surface area contributed by atoms with E-state index in [-0.39, 0.29) is 6.61 Å². The number of nitrogens with one attached hydrogen (secondary N) is 1. The number of hydrogen-bond donors (Lipinski definition) is 2. The molecule has 0 aliphatic rings. The minimum Gasteiger partial charge on any atom is -0.394 e. The lowest BCUT2D eigenvalue weighted by Gasteiger charge is -2.13. The smallest absolute Gasteiger partial charge is 0.0644 e. The predicted molar refractivity (Wildman–Crippen MR) is 90.1 cm³/mol. The fourth-order valence-electron chi connectivity index (χ4n) is 2.73. The van der Waals surface area contributed by atoms with E-state index in [0.29, 0.717) is 12.5 Å². The molecule has 2 N–H and O–H groups in total. The van der Waals surface area contributed by atoms with Crippen molar-refractivity contribution in [2.24, 2.45) is 0 Å². The standard InChI is InChI=1S/C18H27N3O/c1-13-5-7-17(8-6-13)14(2)11-19-12-18-15(3)20-21(9-10-22)16(18)4/h5-8,14,19,22H,9-12H2,1-4H3. The van der Waals surface area contributed by atoms with Crippen LogP contribution in [0.2, 0.25) is 0 Å². The van der Waals surface area contributed by atoms with E-state index in [1.165, 1.54) is 16.7 Å². The molecule has 0 aliphatic heterocycles. The van der Waals surface area contributed by atoms with Crippen LogP contribution < -0.4 is 5.32 Å². The molecule has 4 heteroatoms. The van der Waals surface area contributed by atoms with Gasteiger partial charge in [-0.1, -0.05) is 36.8 Å². The minimum absolute atomic E-state index is 0.124. The van der Waals surface area contributed by atoms with Gasteiger partial charge in [0.1, 0.15) is 0 Å². The van der Waals surface area contributed by atoms with Crippen molar-refractivity contribution in [1.82, 2.24) is 15.1 Å². The summed E-state index contributed by atoms with van der Waals surface area (Å²) >= 11 is 0. The number of aliphatic hydroxyl groups is 1. The van der Waals surface area contributed by atoms with Crippen molar-refractivity contribution < 1.29 is 5.11 Å². The Balaban J connectivity index is 1.92. The van der Waals surface area contributed by atoms with Gasteiger partial charge < -0.3 is 10.4 Å². The molecule has 2 rings (SSSR count). The Kier molecular flexibility index (Phi) is 5.75. The fourth-order valence-corrected chi connectivity index (χ4v) is 2.73. The molecule has 0 radical (unpaired) electrons. The third-order valence-electron chi connectivity index (χ3n) is 4.24. The summed E-state index contributed by atoms with van der Waals surface area (Å²) in [6.45, 7) is 10.9. The second-order valence-corrected chi connectivity index (χ2v) is 6.04. The van der Waals surface area contributed by atoms with Gasteiger partial charge in [-0.15, -0.1) is 0 Å². The van der Waals surface area contributed by atoms with Crippen molar-refractivity contribution in [3.8, 4) is 0 Å². The molecule has 0 amide bonds. The first-order valence-electron chi connectivity index (χ1n) is 7.94. The van der Waals surface area contributed by atoms with Crippen LogP contribution in [-0.4, -0.2) is 28.0 Å². The lowest BCUT2D eigenvalue weighted by Crippen LogP contribution is -2.20. The molecule has 1 unspecified atom stereocenters. The molecule has 1 aromatic heterocycles. The monoisotopic (exact) mass is 301 g/mol. The van der Waals surface area contributed by atoms with Gasteiger partial charge in [-0.3, -0.25) is 4.68 Å². The third kappa shape index (κ3) is 3.96. The Morgan fingerprint density at radius 2 is 1.86 bits per heavy atom. The lowest BCUT2D eigenvalue weighted by atomic mass is 10.00. The quantitative estimate of drug-likeness (QED) is 0.826. The first-order valence-corrected chi connectivity index (χ1v) is 7.94. The van der Waals surface area contributed by atoms with Crippen molar-refractivity contribution in [2.45, 2.75) is 46.7 Å². The van der Waals surface area contributed by atoms with Crippen molar-refractivity contribution in [1.29, 1.82) is 0 Å². The molecular formula is C18H27N3O. The number of rotatable bonds is 7. The molecule has 0 saturated carbocycles. The van der Waals surface area contributed by atoms with Crippen LogP contribution in [0, 0.1) is 20.8 Å². The molecule has 0 bridgehead atoms. The molecule has 0 aliphatic carbocycles. The van der Waals surface area contributed by atoms with Gasteiger partial charge in [0, 0.05) is 24.3 Å². The summed E-state index contributed by atoms with van der Waals surface area (Å²) in [5.74, 6) is 0.480. The first kappa shape index (κ1) is 16.7. The summed E-state index contributed by atoms with van der Waals surface area (Å²) in [6, 6.07) is 8.74. The van der Waals surface area contributed by atoms with Crippen LogP contribution in [0.4, 0.5) is 0 Å². The zero-order valence-electron chi connectivity index (χ0n) is 14.1. The van der Waals surface area contributed by atoms with Gasteiger partial charge in [-0.25, -0.2) is 0 Å². The number of hydrogen-bond acceptors (Lipinski definition) is 3. The van der Waals surface area contributed by atoms with Crippen LogP contribution in [-0.2, 0) is 13.1 Å². The van der Waals surface area contributed by atoms with Gasteiger partial charge in [-0.2, -0.15) is 5.10 Å². The molecule has 4 nitrogen and oxygen atoms in total. The van der Waals surface area contributed by atoms with Gasteiger partial charge in [-0.05, 0) is 32.3 Å². The summed E-state index contributed by atoms with van der Waals surface area (Å²) in [5, 5.41) is 17.1. The average Bonchev–Trinajstić information content (AvgIpc) is 2.75. The van der Waals surface area contributed by atoms with Crippen LogP contribution in [0.1, 0.15) is 40.9 Å². The van der Waals surface area contributed by atoms with Gasteiger partial charge in [0.2, 0.25) is 0 Å². The second-order valence-electron chi connectivity index (χ2n) is 6.04. The van der Waals surface area contributed by atoms with E-state index in [9.17, 15) is 0 Å². The fraction of sp³-hybridized carbons (Fsp3) is 0.500. The van der Waals surface area contributed by atoms with E-state index in [1.807, 2.05) is 11.6 Å². The highest BCUT2D eigenvalue weighted by molar-refractivity contribution is 5.26. The summed E-state index contributed by atoms with van der Waals surface area (Å²) < 4.78 is 1.88. The van der Waals surface area contributed by atoms with E-state index in [1.54, 1.807) is 0 Å². The average molecular weight is 301 g/mol. The van der Waals surface area contributed by atoms with Gasteiger partial charge in [0.15, 0.2) is 0 Å². The topological polar surface area (TPSA) is 50.1 Å². The molecule has 22 heavy (non-hydrogen) atoms. The SMILES string of the molecule is Cc1ccc(C(C)CNCc2c(C)nn(CCO)c2C)cc1. The zero-order valence-corrected chi connectivity index (χ0v) is 14.1. The van der Waals surface area contributed by atoms with Gasteiger partial charge >= 0.3 is 0 Å². The highest BCUT2D eigenvalue weighted by atomic mass is 16.3. The maximum atomic E-state index is 9.06. The molecule has 0 fully saturated rings. The van der Waals surface area contributed by atoms with Crippen LogP contribution in [0.5, 0.6) is 0 Å². The molecule has 1 aromatic carbocycles. The number of aryl methyl sites for hydroxylation is 2. The summed E-state index contributed by atoms with van der Waals surface area (Å²) in [7, 11) is 0. The van der Waals surface area contributed by atoms with Crippen LogP contribution in [0.15, 0.2) is 24.3 Å². The second kappa shape index (κ2) is 7.56. The minimum atomic E-state index is 0.124. The van der Waals surface area contributed by atoms with Crippen molar-refractivity contribution in [2.75, 3.05) is 13.2 Å². The number of nitrogens with zero attached hydrogens (tertiary/aromatic N) is 2. The highest BCUT2D eigenvalue weighted by Gasteiger charge is 2.11. The molecule has 0 spiro atoms. The normalized spacial score (nSPS) is 12.6. The maximum absolute atomic E-state index is 9.06. The zero-order chi connectivity index (χ0) is 16.1. The predicted octanol–water partition coefficient (Wildman–Crippen LogP) is 2.69. The molecule has 1 atom stereocenters. The summed E-state index contributed by atoms with van der Waals surface area (Å²) in [4.78, 5) is 0. The molecule has 0 saturated heterocycles. The molecule has 1 heterocycles. The number of aromatic nitrogens is 2. The third-order valence-corrected chi connectivity index (χ3v) is 4.24. The van der Waals surface area contributed by atoms with Crippen LogP contribution >= 0.6 is 0 Å². The Labute approximate surface area is 133 Å². The van der Waals surface area contributed by atoms with Gasteiger partial charge in [0.25, 0.3) is 0 Å². The number of aliphatic hydroxyl groups excluding tert-OH is 1. The Bertz CT molecular complexity index is 602. The van der Waals surface area contributed by atoms with E-state index >= 15 is 0 Å². The van der Waals surface area contributed by atoms with Crippen LogP contribution in [0.25, 0.3) is 0 Å². The van der Waals surface area contributed by atoms with Crippen molar-refractivity contribution in [3.05, 3.63) is 52.3 Å². The van der Waals surface area contributed by atoms with Crippen LogP contribution in [0.3, 0.4) is 0 Å². The Hall–Kier alpha value is -1.65. The van der Waals surface area contributed by atoms with E-state index < -0.39 is 0 Å². The Morgan fingerprint density at radius 3 is 2.50 bits per heavy atom. The summed E-state index contributed by atoms with van der Waals surface area (Å²) in [5.41, 5.74) is 6.09. The lowest BCUT2D eigenvalue weighted by molar-refractivity contribution is 0.267. The first-order chi connectivity index (χ1) is 10.5. The number of benzene rings is 1. The highest BCUT2D eigenvalue weighted by Crippen LogP contribution is 2.16. The maximum Gasteiger partial charge on any atom is 0.0644 e. The molecule has 2 aromatic rings. The van der Waals surface area contributed by atoms with E-state index in [0.717, 1.165) is 24.5 Å². The molecule has 120 valence electrons. The van der Waals surface area contributed by atoms with E-state index in [4.69, 9.17) is 5.11 Å². The molecular weight excluding hydrogens is 274 g/mol.